The molecule has 0 bridgehead atoms. The summed E-state index contributed by atoms with van der Waals surface area (Å²) in [5.74, 6) is 1.00. The second-order valence-corrected chi connectivity index (χ2v) is 4.98. The molecule has 2 aromatic rings. The minimum Gasteiger partial charge on any atom is -0.466 e. The predicted molar refractivity (Wildman–Crippen MR) is 81.6 cm³/mol. The number of amides is 1. The Labute approximate surface area is 128 Å². The lowest BCUT2D eigenvalue weighted by atomic mass is 10.1. The molecule has 0 aliphatic heterocycles. The van der Waals surface area contributed by atoms with Gasteiger partial charge in [-0.3, -0.25) is 9.59 Å². The number of hydrogen-bond acceptors (Lipinski definition) is 4. The highest BCUT2D eigenvalue weighted by atomic mass is 16.3. The first-order valence-corrected chi connectivity index (χ1v) is 6.90. The number of nitriles is 1. The maximum absolute atomic E-state index is 11.9. The lowest BCUT2D eigenvalue weighted by Crippen LogP contribution is -2.12. The molecule has 0 radical (unpaired) electrons. The summed E-state index contributed by atoms with van der Waals surface area (Å²) in [4.78, 5) is 23.2. The maximum Gasteiger partial charge on any atom is 0.224 e. The monoisotopic (exact) mass is 296 g/mol. The quantitative estimate of drug-likeness (QED) is 0.858. The Morgan fingerprint density at radius 3 is 2.50 bits per heavy atom. The van der Waals surface area contributed by atoms with Gasteiger partial charge in [0.15, 0.2) is 5.78 Å². The normalized spacial score (nSPS) is 10.0. The molecule has 0 saturated carbocycles. The Bertz CT molecular complexity index is 736. The fourth-order valence-electron chi connectivity index (χ4n) is 2.10. The average Bonchev–Trinajstić information content (AvgIpc) is 2.87. The Balaban J connectivity index is 1.91. The van der Waals surface area contributed by atoms with Crippen molar-refractivity contribution in [2.24, 2.45) is 0 Å². The van der Waals surface area contributed by atoms with Crippen LogP contribution in [0.1, 0.15) is 40.8 Å². The van der Waals surface area contributed by atoms with Gasteiger partial charge in [-0.1, -0.05) is 0 Å². The van der Waals surface area contributed by atoms with Gasteiger partial charge in [-0.2, -0.15) is 5.26 Å². The first-order valence-electron chi connectivity index (χ1n) is 6.90. The summed E-state index contributed by atoms with van der Waals surface area (Å²) in [5.41, 5.74) is 1.74. The van der Waals surface area contributed by atoms with E-state index >= 15 is 0 Å². The van der Waals surface area contributed by atoms with Crippen molar-refractivity contribution in [3.8, 4) is 6.07 Å². The van der Waals surface area contributed by atoms with E-state index in [4.69, 9.17) is 9.68 Å². The Morgan fingerprint density at radius 1 is 1.27 bits per heavy atom. The van der Waals surface area contributed by atoms with Gasteiger partial charge in [0.25, 0.3) is 0 Å². The minimum atomic E-state index is -0.150. The number of rotatable bonds is 5. The van der Waals surface area contributed by atoms with Crippen LogP contribution < -0.4 is 5.32 Å². The lowest BCUT2D eigenvalue weighted by Gasteiger charge is -2.04. The highest BCUT2D eigenvalue weighted by Crippen LogP contribution is 2.17. The number of hydrogen-bond donors (Lipinski definition) is 1. The average molecular weight is 296 g/mol. The van der Waals surface area contributed by atoms with Crippen molar-refractivity contribution in [1.29, 1.82) is 5.26 Å². The van der Waals surface area contributed by atoms with Crippen LogP contribution in [0.15, 0.2) is 34.7 Å². The third kappa shape index (κ3) is 3.83. The van der Waals surface area contributed by atoms with Gasteiger partial charge in [-0.25, -0.2) is 0 Å². The number of nitrogens with zero attached hydrogens (tertiary/aromatic N) is 1. The first-order chi connectivity index (χ1) is 10.5. The van der Waals surface area contributed by atoms with Crippen LogP contribution >= 0.6 is 0 Å². The van der Waals surface area contributed by atoms with Crippen molar-refractivity contribution in [3.05, 3.63) is 53.0 Å². The number of anilines is 1. The fourth-order valence-corrected chi connectivity index (χ4v) is 2.10. The van der Waals surface area contributed by atoms with Gasteiger partial charge in [-0.15, -0.1) is 0 Å². The molecule has 5 nitrogen and oxygen atoms in total. The van der Waals surface area contributed by atoms with Crippen LogP contribution in [0, 0.1) is 18.3 Å². The molecule has 0 atom stereocenters. The molecule has 0 fully saturated rings. The number of carbonyl (C=O) groups excluding carboxylic acids is 2. The van der Waals surface area contributed by atoms with E-state index in [0.29, 0.717) is 34.8 Å². The van der Waals surface area contributed by atoms with Gasteiger partial charge in [0.1, 0.15) is 11.5 Å². The van der Waals surface area contributed by atoms with E-state index in [2.05, 4.69) is 5.32 Å². The van der Waals surface area contributed by atoms with E-state index < -0.39 is 0 Å². The van der Waals surface area contributed by atoms with E-state index in [1.165, 1.54) is 6.92 Å². The van der Waals surface area contributed by atoms with Crippen molar-refractivity contribution < 1.29 is 14.0 Å². The predicted octanol–water partition coefficient (Wildman–Crippen LogP) is 3.23. The van der Waals surface area contributed by atoms with E-state index in [9.17, 15) is 9.59 Å². The molecular weight excluding hydrogens is 280 g/mol. The molecule has 0 unspecified atom stereocenters. The van der Waals surface area contributed by atoms with Crippen LogP contribution in [0.3, 0.4) is 0 Å². The molecule has 1 aromatic carbocycles. The number of ketones is 1. The highest BCUT2D eigenvalue weighted by molar-refractivity contribution is 5.95. The topological polar surface area (TPSA) is 83.1 Å². The van der Waals surface area contributed by atoms with Crippen molar-refractivity contribution in [2.45, 2.75) is 26.7 Å². The molecule has 22 heavy (non-hydrogen) atoms. The second kappa shape index (κ2) is 6.72. The summed E-state index contributed by atoms with van der Waals surface area (Å²) < 4.78 is 5.47. The number of carbonyl (C=O) groups is 2. The van der Waals surface area contributed by atoms with Gasteiger partial charge < -0.3 is 9.73 Å². The number of furan rings is 1. The van der Waals surface area contributed by atoms with Gasteiger partial charge in [0, 0.05) is 18.5 Å². The summed E-state index contributed by atoms with van der Waals surface area (Å²) in [5, 5.41) is 11.5. The molecular formula is C17H16N2O3. The molecule has 2 rings (SSSR count). The van der Waals surface area contributed by atoms with Crippen molar-refractivity contribution >= 4 is 17.4 Å². The molecule has 1 aromatic heterocycles. The van der Waals surface area contributed by atoms with E-state index in [0.717, 1.165) is 0 Å². The zero-order chi connectivity index (χ0) is 16.1. The largest absolute Gasteiger partial charge is 0.466 e. The fraction of sp³-hybridized carbons (Fsp3) is 0.235. The summed E-state index contributed by atoms with van der Waals surface area (Å²) in [6.07, 6.45) is 0.681. The standard InChI is InChI=1S/C17H16N2O3/c1-11(20)16-9-15(22-12(16)2)7-8-17(21)19-14-5-3-13(10-18)4-6-14/h3-6,9H,7-8H2,1-2H3,(H,19,21). The summed E-state index contributed by atoms with van der Waals surface area (Å²) in [6, 6.07) is 10.4. The summed E-state index contributed by atoms with van der Waals surface area (Å²) in [7, 11) is 0. The zero-order valence-electron chi connectivity index (χ0n) is 12.5. The minimum absolute atomic E-state index is 0.0467. The van der Waals surface area contributed by atoms with Gasteiger partial charge in [0.2, 0.25) is 5.91 Å². The molecule has 1 N–H and O–H groups in total. The molecule has 0 saturated heterocycles. The summed E-state index contributed by atoms with van der Waals surface area (Å²) in [6.45, 7) is 3.22. The third-order valence-corrected chi connectivity index (χ3v) is 3.24. The van der Waals surface area contributed by atoms with Crippen LogP contribution in [0.2, 0.25) is 0 Å². The van der Waals surface area contributed by atoms with Crippen molar-refractivity contribution in [2.75, 3.05) is 5.32 Å². The molecule has 0 aliphatic carbocycles. The highest BCUT2D eigenvalue weighted by Gasteiger charge is 2.12. The van der Waals surface area contributed by atoms with Crippen molar-refractivity contribution in [3.63, 3.8) is 0 Å². The third-order valence-electron chi connectivity index (χ3n) is 3.24. The smallest absolute Gasteiger partial charge is 0.224 e. The number of Topliss-reactive ketones (excluding diaryl/α,β-unsaturated/α-hetero) is 1. The molecule has 0 aliphatic rings. The molecule has 1 amide bonds. The van der Waals surface area contributed by atoms with Crippen LogP contribution in [-0.2, 0) is 11.2 Å². The van der Waals surface area contributed by atoms with Crippen molar-refractivity contribution in [1.82, 2.24) is 0 Å². The number of benzene rings is 1. The van der Waals surface area contributed by atoms with E-state index in [-0.39, 0.29) is 18.1 Å². The van der Waals surface area contributed by atoms with Crippen LogP contribution in [0.4, 0.5) is 5.69 Å². The van der Waals surface area contributed by atoms with Gasteiger partial charge in [0.05, 0.1) is 17.2 Å². The van der Waals surface area contributed by atoms with E-state index in [1.54, 1.807) is 37.3 Å². The zero-order valence-corrected chi connectivity index (χ0v) is 12.5. The molecule has 1 heterocycles. The molecule has 0 spiro atoms. The molecule has 5 heteroatoms. The Morgan fingerprint density at radius 2 is 1.95 bits per heavy atom. The maximum atomic E-state index is 11.9. The van der Waals surface area contributed by atoms with E-state index in [1.807, 2.05) is 6.07 Å². The lowest BCUT2D eigenvalue weighted by molar-refractivity contribution is -0.116. The number of nitrogens with one attached hydrogen (secondary N) is 1. The summed E-state index contributed by atoms with van der Waals surface area (Å²) >= 11 is 0. The number of aryl methyl sites for hydroxylation is 2. The first kappa shape index (κ1) is 15.5. The molecule has 112 valence electrons. The SMILES string of the molecule is CC(=O)c1cc(CCC(=O)Nc2ccc(C#N)cc2)oc1C. The van der Waals surface area contributed by atoms with Gasteiger partial charge in [-0.05, 0) is 44.2 Å². The van der Waals surface area contributed by atoms with Gasteiger partial charge >= 0.3 is 0 Å². The van der Waals surface area contributed by atoms with Crippen LogP contribution in [-0.4, -0.2) is 11.7 Å². The Hall–Kier alpha value is -2.87. The second-order valence-electron chi connectivity index (χ2n) is 4.98. The van der Waals surface area contributed by atoms with Crippen LogP contribution in [0.5, 0.6) is 0 Å². The Kier molecular flexibility index (Phi) is 4.74. The van der Waals surface area contributed by atoms with Crippen LogP contribution in [0.25, 0.3) is 0 Å².